The molecule has 12 heteroatoms. The summed E-state index contributed by atoms with van der Waals surface area (Å²) >= 11 is 0. The predicted octanol–water partition coefficient (Wildman–Crippen LogP) is -1.30. The Balaban J connectivity index is 1.87. The molecule has 10 nitrogen and oxygen atoms in total. The molecule has 2 aliphatic rings. The molecule has 0 N–H and O–H groups in total. The van der Waals surface area contributed by atoms with Gasteiger partial charge in [-0.25, -0.2) is 0 Å². The topological polar surface area (TPSA) is 139 Å². The van der Waals surface area contributed by atoms with Crippen LogP contribution >= 0.6 is 0 Å². The van der Waals surface area contributed by atoms with Crippen molar-refractivity contribution in [3.05, 3.63) is 0 Å². The van der Waals surface area contributed by atoms with Crippen molar-refractivity contribution in [1.82, 2.24) is 0 Å². The molecule has 0 aromatic carbocycles. The van der Waals surface area contributed by atoms with Crippen LogP contribution in [-0.4, -0.2) is 64.7 Å². The van der Waals surface area contributed by atoms with Crippen LogP contribution in [0.1, 0.15) is 20.3 Å². The van der Waals surface area contributed by atoms with Gasteiger partial charge < -0.3 is 9.47 Å². The lowest BCUT2D eigenvalue weighted by Crippen LogP contribution is -2.39. The van der Waals surface area contributed by atoms with Gasteiger partial charge in [-0.3, -0.25) is 18.0 Å². The van der Waals surface area contributed by atoms with Gasteiger partial charge in [0.25, 0.3) is 20.2 Å². The van der Waals surface area contributed by atoms with E-state index in [1.54, 1.807) is 0 Å². The third-order valence-electron chi connectivity index (χ3n) is 3.06. The Bertz CT molecular complexity index is 662. The number of ether oxygens (including phenoxy) is 2. The highest BCUT2D eigenvalue weighted by Gasteiger charge is 2.45. The summed E-state index contributed by atoms with van der Waals surface area (Å²) in [4.78, 5) is 23.4. The van der Waals surface area contributed by atoms with Crippen molar-refractivity contribution in [3.63, 3.8) is 0 Å². The van der Waals surface area contributed by atoms with E-state index in [4.69, 9.17) is 9.47 Å². The maximum atomic E-state index is 11.7. The van der Waals surface area contributed by atoms with Crippen LogP contribution in [0.15, 0.2) is 0 Å². The fraction of sp³-hybridized carbons (Fsp3) is 0.818. The Morgan fingerprint density at radius 2 is 1.22 bits per heavy atom. The van der Waals surface area contributed by atoms with Crippen molar-refractivity contribution in [3.8, 4) is 0 Å². The number of carbonyl (C=O) groups is 2. The molecule has 0 amide bonds. The summed E-state index contributed by atoms with van der Waals surface area (Å²) in [5, 5.41) is 0. The van der Waals surface area contributed by atoms with E-state index < -0.39 is 61.3 Å². The lowest BCUT2D eigenvalue weighted by molar-refractivity contribution is -0.168. The molecule has 2 atom stereocenters. The zero-order valence-corrected chi connectivity index (χ0v) is 14.1. The molecule has 0 aromatic heterocycles. The Morgan fingerprint density at radius 3 is 1.48 bits per heavy atom. The van der Waals surface area contributed by atoms with Gasteiger partial charge in [-0.2, -0.15) is 16.8 Å². The molecule has 2 saturated heterocycles. The summed E-state index contributed by atoms with van der Waals surface area (Å²) in [6, 6.07) is 0. The minimum absolute atomic E-state index is 0.333. The molecule has 2 rings (SSSR count). The molecule has 0 radical (unpaired) electrons. The quantitative estimate of drug-likeness (QED) is 0.332. The Hall–Kier alpha value is -1.24. The van der Waals surface area contributed by atoms with Gasteiger partial charge in [-0.1, -0.05) is 0 Å². The minimum atomic E-state index is -3.75. The van der Waals surface area contributed by atoms with E-state index in [2.05, 4.69) is 8.37 Å². The van der Waals surface area contributed by atoms with Gasteiger partial charge in [0, 0.05) is 0 Å². The molecule has 2 unspecified atom stereocenters. The Labute approximate surface area is 133 Å². The average molecular weight is 372 g/mol. The SMILES string of the molecule is CC1(OC(=O)CC(=O)OC2(C)COS(=O)(=O)C2)COS(=O)(=O)C1. The molecule has 0 aromatic rings. The van der Waals surface area contributed by atoms with E-state index in [-0.39, 0.29) is 13.2 Å². The molecular weight excluding hydrogens is 356 g/mol. The summed E-state index contributed by atoms with van der Waals surface area (Å²) in [5.41, 5.74) is -2.75. The van der Waals surface area contributed by atoms with Gasteiger partial charge in [-0.05, 0) is 13.8 Å². The molecule has 2 fully saturated rings. The smallest absolute Gasteiger partial charge is 0.317 e. The van der Waals surface area contributed by atoms with Crippen molar-refractivity contribution >= 4 is 32.2 Å². The van der Waals surface area contributed by atoms with E-state index in [0.717, 1.165) is 0 Å². The van der Waals surface area contributed by atoms with Gasteiger partial charge in [0.1, 0.15) is 31.1 Å². The van der Waals surface area contributed by atoms with Crippen molar-refractivity contribution < 1.29 is 44.3 Å². The maximum Gasteiger partial charge on any atom is 0.317 e. The Kier molecular flexibility index (Phi) is 4.47. The van der Waals surface area contributed by atoms with Gasteiger partial charge >= 0.3 is 11.9 Å². The molecule has 0 aliphatic carbocycles. The average Bonchev–Trinajstić information content (AvgIpc) is 2.74. The van der Waals surface area contributed by atoms with Crippen LogP contribution in [0.4, 0.5) is 0 Å². The van der Waals surface area contributed by atoms with E-state index in [1.165, 1.54) is 13.8 Å². The standard InChI is InChI=1S/C11H16O10S2/c1-10(4-18-22(14,15)6-10)20-8(12)3-9(13)21-11(2)5-19-23(16,17)7-11/h3-7H2,1-2H3. The first-order chi connectivity index (χ1) is 10.3. The summed E-state index contributed by atoms with van der Waals surface area (Å²) in [5.74, 6) is -3.01. The van der Waals surface area contributed by atoms with Crippen LogP contribution in [0.2, 0.25) is 0 Å². The van der Waals surface area contributed by atoms with Crippen molar-refractivity contribution in [1.29, 1.82) is 0 Å². The number of rotatable bonds is 4. The summed E-state index contributed by atoms with van der Waals surface area (Å²) in [6.45, 7) is 2.05. The number of hydrogen-bond acceptors (Lipinski definition) is 10. The summed E-state index contributed by atoms with van der Waals surface area (Å²) in [6.07, 6.45) is -0.786. The lowest BCUT2D eigenvalue weighted by atomic mass is 10.1. The third kappa shape index (κ3) is 4.86. The molecule has 2 heterocycles. The maximum absolute atomic E-state index is 11.7. The zero-order chi connectivity index (χ0) is 17.5. The fourth-order valence-corrected chi connectivity index (χ4v) is 5.01. The van der Waals surface area contributed by atoms with Crippen LogP contribution in [-0.2, 0) is 47.7 Å². The molecule has 2 aliphatic heterocycles. The van der Waals surface area contributed by atoms with Crippen molar-refractivity contribution in [2.75, 3.05) is 24.7 Å². The highest BCUT2D eigenvalue weighted by atomic mass is 32.2. The van der Waals surface area contributed by atoms with Crippen LogP contribution < -0.4 is 0 Å². The second-order valence-electron chi connectivity index (χ2n) is 5.95. The molecule has 0 spiro atoms. The van der Waals surface area contributed by atoms with Gasteiger partial charge in [-0.15, -0.1) is 0 Å². The Morgan fingerprint density at radius 1 is 0.870 bits per heavy atom. The zero-order valence-electron chi connectivity index (χ0n) is 12.4. The van der Waals surface area contributed by atoms with E-state index >= 15 is 0 Å². The number of esters is 2. The van der Waals surface area contributed by atoms with E-state index in [1.807, 2.05) is 0 Å². The third-order valence-corrected chi connectivity index (χ3v) is 5.94. The van der Waals surface area contributed by atoms with Gasteiger partial charge in [0.15, 0.2) is 11.2 Å². The highest BCUT2D eigenvalue weighted by molar-refractivity contribution is 7.87. The molecular formula is C11H16O10S2. The van der Waals surface area contributed by atoms with Crippen molar-refractivity contribution in [2.45, 2.75) is 31.5 Å². The fourth-order valence-electron chi connectivity index (χ4n) is 2.20. The van der Waals surface area contributed by atoms with Crippen molar-refractivity contribution in [2.24, 2.45) is 0 Å². The first-order valence-electron chi connectivity index (χ1n) is 6.50. The first-order valence-corrected chi connectivity index (χ1v) is 9.66. The van der Waals surface area contributed by atoms with Crippen LogP contribution in [0.25, 0.3) is 0 Å². The monoisotopic (exact) mass is 372 g/mol. The predicted molar refractivity (Wildman–Crippen MR) is 73.1 cm³/mol. The van der Waals surface area contributed by atoms with E-state index in [9.17, 15) is 26.4 Å². The second kappa shape index (κ2) is 5.69. The van der Waals surface area contributed by atoms with Crippen LogP contribution in [0, 0.1) is 0 Å². The second-order valence-corrected chi connectivity index (χ2v) is 9.23. The molecule has 23 heavy (non-hydrogen) atoms. The van der Waals surface area contributed by atoms with Crippen LogP contribution in [0.3, 0.4) is 0 Å². The van der Waals surface area contributed by atoms with E-state index in [0.29, 0.717) is 0 Å². The number of hydrogen-bond donors (Lipinski definition) is 0. The van der Waals surface area contributed by atoms with Gasteiger partial charge in [0.2, 0.25) is 0 Å². The molecule has 0 saturated carbocycles. The normalized spacial score (nSPS) is 34.9. The molecule has 132 valence electrons. The summed E-state index contributed by atoms with van der Waals surface area (Å²) < 4.78 is 63.7. The summed E-state index contributed by atoms with van der Waals surface area (Å²) in [7, 11) is -7.49. The van der Waals surface area contributed by atoms with Gasteiger partial charge in [0.05, 0.1) is 0 Å². The molecule has 0 bridgehead atoms. The van der Waals surface area contributed by atoms with Crippen LogP contribution in [0.5, 0.6) is 0 Å². The highest BCUT2D eigenvalue weighted by Crippen LogP contribution is 2.26. The largest absolute Gasteiger partial charge is 0.455 e. The lowest BCUT2D eigenvalue weighted by Gasteiger charge is -2.22. The first kappa shape index (κ1) is 18.1. The minimum Gasteiger partial charge on any atom is -0.455 e. The number of carbonyl (C=O) groups excluding carboxylic acids is 2.